The highest BCUT2D eigenvalue weighted by Crippen LogP contribution is 2.31. The van der Waals surface area contributed by atoms with Crippen molar-refractivity contribution >= 4 is 69.4 Å². The highest BCUT2D eigenvalue weighted by atomic mass is 35.6. The van der Waals surface area contributed by atoms with E-state index >= 15 is 0 Å². The number of benzene rings is 1. The van der Waals surface area contributed by atoms with Gasteiger partial charge in [0.05, 0.1) is 24.4 Å². The van der Waals surface area contributed by atoms with Crippen LogP contribution in [0.3, 0.4) is 0 Å². The summed E-state index contributed by atoms with van der Waals surface area (Å²) in [6, 6.07) is 7.06. The molecule has 0 bridgehead atoms. The molecule has 1 aromatic carbocycles. The van der Waals surface area contributed by atoms with Crippen LogP contribution >= 0.6 is 47.0 Å². The fourth-order valence-electron chi connectivity index (χ4n) is 1.99. The summed E-state index contributed by atoms with van der Waals surface area (Å²) in [5.74, 6) is -0.376. The summed E-state index contributed by atoms with van der Waals surface area (Å²) >= 11 is 22.8. The van der Waals surface area contributed by atoms with Gasteiger partial charge in [0.15, 0.2) is 10.9 Å². The van der Waals surface area contributed by atoms with Gasteiger partial charge in [0, 0.05) is 0 Å². The van der Waals surface area contributed by atoms with E-state index in [1.807, 2.05) is 0 Å². The van der Waals surface area contributed by atoms with E-state index in [0.29, 0.717) is 5.75 Å². The molecule has 0 aliphatic rings. The van der Waals surface area contributed by atoms with Crippen LogP contribution in [0.15, 0.2) is 41.0 Å². The van der Waals surface area contributed by atoms with Crippen LogP contribution in [-0.2, 0) is 0 Å². The van der Waals surface area contributed by atoms with E-state index in [4.69, 9.17) is 56.2 Å². The number of rotatable bonds is 6. The molecular formula is C15H13Cl3N4O5S. The Morgan fingerprint density at radius 3 is 2.57 bits per heavy atom. The fraction of sp³-hybridized carbons (Fsp3) is 0.200. The van der Waals surface area contributed by atoms with E-state index in [2.05, 4.69) is 16.0 Å². The first-order chi connectivity index (χ1) is 13.1. The van der Waals surface area contributed by atoms with Gasteiger partial charge in [0.1, 0.15) is 17.6 Å². The number of methoxy groups -OCH3 is 1. The molecule has 0 spiro atoms. The summed E-state index contributed by atoms with van der Waals surface area (Å²) < 4.78 is 7.93. The number of carbonyl (C=O) groups is 1. The number of nitro benzene ring substituents is 1. The lowest BCUT2D eigenvalue weighted by molar-refractivity contribution is -0.384. The fourth-order valence-corrected chi connectivity index (χ4v) is 2.55. The van der Waals surface area contributed by atoms with E-state index < -0.39 is 20.8 Å². The minimum absolute atomic E-state index is 0.00859. The lowest BCUT2D eigenvalue weighted by Gasteiger charge is -2.27. The molecule has 9 nitrogen and oxygen atoms in total. The number of nitrogens with one attached hydrogen (secondary N) is 3. The first kappa shape index (κ1) is 22.0. The normalized spacial score (nSPS) is 12.0. The summed E-state index contributed by atoms with van der Waals surface area (Å²) in [5.41, 5.74) is -0.211. The Hall–Kier alpha value is -2.27. The van der Waals surface area contributed by atoms with Crippen molar-refractivity contribution in [2.75, 3.05) is 12.4 Å². The molecule has 0 saturated heterocycles. The van der Waals surface area contributed by atoms with Crippen LogP contribution in [0.5, 0.6) is 5.75 Å². The van der Waals surface area contributed by atoms with E-state index in [1.54, 1.807) is 0 Å². The third-order valence-electron chi connectivity index (χ3n) is 3.27. The Morgan fingerprint density at radius 1 is 1.32 bits per heavy atom. The van der Waals surface area contributed by atoms with Gasteiger partial charge in [-0.3, -0.25) is 14.9 Å². The van der Waals surface area contributed by atoms with Gasteiger partial charge in [-0.25, -0.2) is 0 Å². The number of thiocarbonyl (C=S) groups is 1. The molecule has 0 radical (unpaired) electrons. The standard InChI is InChI=1S/C15H13Cl3N4O5S/c1-26-8-4-5-9(10(7-8)22(24)25)19-14(28)21-13(15(16,17)18)20-12(23)11-3-2-6-27-11/h2-7,13H,1H3,(H,20,23)(H2,19,21,28)/t13-/m0/s1. The minimum atomic E-state index is -2.00. The molecule has 1 amide bonds. The number of halogens is 3. The monoisotopic (exact) mass is 466 g/mol. The number of nitro groups is 1. The number of furan rings is 1. The van der Waals surface area contributed by atoms with Crippen LogP contribution in [0.25, 0.3) is 0 Å². The summed E-state index contributed by atoms with van der Waals surface area (Å²) in [4.78, 5) is 22.8. The molecule has 0 unspecified atom stereocenters. The third kappa shape index (κ3) is 5.86. The lowest BCUT2D eigenvalue weighted by atomic mass is 10.2. The summed E-state index contributed by atoms with van der Waals surface area (Å²) in [5, 5.41) is 18.7. The average Bonchev–Trinajstić information content (AvgIpc) is 3.15. The highest BCUT2D eigenvalue weighted by molar-refractivity contribution is 7.80. The quantitative estimate of drug-likeness (QED) is 0.194. The van der Waals surface area contributed by atoms with Crippen molar-refractivity contribution < 1.29 is 18.9 Å². The zero-order valence-electron chi connectivity index (χ0n) is 14.1. The number of carbonyl (C=O) groups excluding carboxylic acids is 1. The molecule has 1 heterocycles. The largest absolute Gasteiger partial charge is 0.496 e. The first-order valence-electron chi connectivity index (χ1n) is 7.43. The second-order valence-electron chi connectivity index (χ2n) is 5.16. The minimum Gasteiger partial charge on any atom is -0.496 e. The van der Waals surface area contributed by atoms with E-state index in [0.717, 1.165) is 0 Å². The van der Waals surface area contributed by atoms with Crippen LogP contribution in [0.2, 0.25) is 0 Å². The van der Waals surface area contributed by atoms with Crippen LogP contribution in [-0.4, -0.2) is 33.0 Å². The predicted octanol–water partition coefficient (Wildman–Crippen LogP) is 3.61. The number of nitrogens with zero attached hydrogens (tertiary/aromatic N) is 1. The van der Waals surface area contributed by atoms with E-state index in [9.17, 15) is 14.9 Å². The molecule has 3 N–H and O–H groups in total. The summed E-state index contributed by atoms with van der Waals surface area (Å²) in [6.07, 6.45) is 0.0363. The number of amides is 1. The van der Waals surface area contributed by atoms with E-state index in [1.165, 1.54) is 43.7 Å². The van der Waals surface area contributed by atoms with Crippen molar-refractivity contribution in [2.24, 2.45) is 0 Å². The van der Waals surface area contributed by atoms with Gasteiger partial charge >= 0.3 is 0 Å². The maximum absolute atomic E-state index is 12.1. The van der Waals surface area contributed by atoms with Crippen molar-refractivity contribution in [1.82, 2.24) is 10.6 Å². The highest BCUT2D eigenvalue weighted by Gasteiger charge is 2.35. The molecule has 0 aliphatic carbocycles. The van der Waals surface area contributed by atoms with Gasteiger partial charge in [0.2, 0.25) is 3.79 Å². The van der Waals surface area contributed by atoms with Crippen molar-refractivity contribution in [3.8, 4) is 5.75 Å². The summed E-state index contributed by atoms with van der Waals surface area (Å²) in [7, 11) is 1.38. The number of ether oxygens (including phenoxy) is 1. The lowest BCUT2D eigenvalue weighted by Crippen LogP contribution is -2.56. The van der Waals surface area contributed by atoms with Crippen LogP contribution < -0.4 is 20.7 Å². The molecule has 1 aromatic heterocycles. The molecule has 2 rings (SSSR count). The zero-order valence-corrected chi connectivity index (χ0v) is 17.2. The second-order valence-corrected chi connectivity index (χ2v) is 7.94. The number of hydrogen-bond donors (Lipinski definition) is 3. The zero-order chi connectivity index (χ0) is 20.9. The average molecular weight is 468 g/mol. The van der Waals surface area contributed by atoms with Crippen molar-refractivity contribution in [3.05, 3.63) is 52.5 Å². The molecule has 0 saturated carbocycles. The Morgan fingerprint density at radius 2 is 2.04 bits per heavy atom. The van der Waals surface area contributed by atoms with Gasteiger partial charge in [-0.1, -0.05) is 34.8 Å². The Balaban J connectivity index is 2.14. The Bertz CT molecular complexity index is 873. The second kappa shape index (κ2) is 9.28. The topological polar surface area (TPSA) is 119 Å². The van der Waals surface area contributed by atoms with Crippen molar-refractivity contribution in [3.63, 3.8) is 0 Å². The van der Waals surface area contributed by atoms with Gasteiger partial charge < -0.3 is 25.1 Å². The molecule has 0 aliphatic heterocycles. The van der Waals surface area contributed by atoms with Crippen LogP contribution in [0.4, 0.5) is 11.4 Å². The molecule has 1 atom stereocenters. The molecule has 150 valence electrons. The number of alkyl halides is 3. The van der Waals surface area contributed by atoms with Gasteiger partial charge in [-0.15, -0.1) is 0 Å². The number of hydrogen-bond acceptors (Lipinski definition) is 6. The van der Waals surface area contributed by atoms with Gasteiger partial charge in [0.25, 0.3) is 11.6 Å². The maximum atomic E-state index is 12.1. The van der Waals surface area contributed by atoms with Crippen LogP contribution in [0, 0.1) is 10.1 Å². The Labute approximate surface area is 179 Å². The van der Waals surface area contributed by atoms with Crippen molar-refractivity contribution in [2.45, 2.75) is 9.96 Å². The maximum Gasteiger partial charge on any atom is 0.296 e. The smallest absolute Gasteiger partial charge is 0.296 e. The molecule has 13 heteroatoms. The van der Waals surface area contributed by atoms with Crippen LogP contribution in [0.1, 0.15) is 10.6 Å². The van der Waals surface area contributed by atoms with E-state index in [-0.39, 0.29) is 22.2 Å². The third-order valence-corrected chi connectivity index (χ3v) is 4.15. The Kier molecular flexibility index (Phi) is 7.30. The first-order valence-corrected chi connectivity index (χ1v) is 8.97. The SMILES string of the molecule is COc1ccc(NC(=S)N[C@H](NC(=O)c2ccco2)C(Cl)(Cl)Cl)c([N+](=O)[O-])c1. The molecule has 2 aromatic rings. The van der Waals surface area contributed by atoms with Crippen molar-refractivity contribution in [1.29, 1.82) is 0 Å². The van der Waals surface area contributed by atoms with Gasteiger partial charge in [-0.2, -0.15) is 0 Å². The summed E-state index contributed by atoms with van der Waals surface area (Å²) in [6.45, 7) is 0. The predicted molar refractivity (Wildman–Crippen MR) is 109 cm³/mol. The number of anilines is 1. The van der Waals surface area contributed by atoms with Gasteiger partial charge in [-0.05, 0) is 36.5 Å². The molecular weight excluding hydrogens is 455 g/mol. The molecule has 0 fully saturated rings. The molecule has 28 heavy (non-hydrogen) atoms.